The summed E-state index contributed by atoms with van der Waals surface area (Å²) in [5.74, 6) is 1.76. The number of aromatic nitrogens is 1. The molecule has 0 saturated heterocycles. The van der Waals surface area contributed by atoms with E-state index < -0.39 is 0 Å². The lowest BCUT2D eigenvalue weighted by Crippen LogP contribution is -2.01. The number of nitrogens with two attached hydrogens (primary N) is 1. The van der Waals surface area contributed by atoms with Crippen molar-refractivity contribution in [3.05, 3.63) is 64.5 Å². The largest absolute Gasteiger partial charge is 0.493 e. The van der Waals surface area contributed by atoms with E-state index in [2.05, 4.69) is 34.6 Å². The Bertz CT molecular complexity index is 891. The molecule has 3 aromatic rings. The van der Waals surface area contributed by atoms with Crippen LogP contribution in [0, 0.1) is 6.92 Å². The Morgan fingerprint density at radius 1 is 1.23 bits per heavy atom. The number of hydrogen-bond donors (Lipinski definition) is 2. The highest BCUT2D eigenvalue weighted by molar-refractivity contribution is 7.14. The van der Waals surface area contributed by atoms with Gasteiger partial charge in [0.15, 0.2) is 11.5 Å². The molecule has 0 aliphatic carbocycles. The first-order valence-electron chi connectivity index (χ1n) is 8.01. The Hall–Kier alpha value is -3.06. The van der Waals surface area contributed by atoms with E-state index in [0.717, 1.165) is 11.1 Å². The third-order valence-electron chi connectivity index (χ3n) is 3.62. The molecule has 1 heterocycles. The monoisotopic (exact) mass is 368 g/mol. The predicted molar refractivity (Wildman–Crippen MR) is 106 cm³/mol. The van der Waals surface area contributed by atoms with Crippen molar-refractivity contribution in [3.63, 3.8) is 0 Å². The molecule has 7 heteroatoms. The minimum absolute atomic E-state index is 0.442. The molecule has 1 aromatic heterocycles. The first-order chi connectivity index (χ1) is 12.7. The van der Waals surface area contributed by atoms with Gasteiger partial charge in [0.05, 0.1) is 13.3 Å². The van der Waals surface area contributed by atoms with Gasteiger partial charge in [-0.3, -0.25) is 5.43 Å². The third-order valence-corrected chi connectivity index (χ3v) is 4.38. The zero-order valence-electron chi connectivity index (χ0n) is 14.6. The van der Waals surface area contributed by atoms with Crippen molar-refractivity contribution in [2.75, 3.05) is 18.3 Å². The van der Waals surface area contributed by atoms with E-state index in [1.54, 1.807) is 18.7 Å². The van der Waals surface area contributed by atoms with Gasteiger partial charge in [-0.25, -0.2) is 4.98 Å². The number of methoxy groups -OCH3 is 1. The van der Waals surface area contributed by atoms with Crippen LogP contribution in [0.2, 0.25) is 0 Å². The van der Waals surface area contributed by atoms with Crippen molar-refractivity contribution in [2.45, 2.75) is 13.5 Å². The average molecular weight is 368 g/mol. The fourth-order valence-electron chi connectivity index (χ4n) is 2.28. The molecule has 3 rings (SSSR count). The van der Waals surface area contributed by atoms with Crippen LogP contribution in [0.5, 0.6) is 11.5 Å². The second kappa shape index (κ2) is 8.35. The summed E-state index contributed by atoms with van der Waals surface area (Å²) in [7, 11) is 1.62. The summed E-state index contributed by atoms with van der Waals surface area (Å²) in [5.41, 5.74) is 11.6. The number of benzene rings is 2. The smallest absolute Gasteiger partial charge is 0.205 e. The Balaban J connectivity index is 1.75. The highest BCUT2D eigenvalue weighted by Gasteiger charge is 2.10. The predicted octanol–water partition coefficient (Wildman–Crippen LogP) is 4.07. The fraction of sp³-hybridized carbons (Fsp3) is 0.158. The Morgan fingerprint density at radius 2 is 2.04 bits per heavy atom. The molecule has 3 N–H and O–H groups in total. The average Bonchev–Trinajstić information content (AvgIpc) is 3.07. The number of ether oxygens (including phenoxy) is 2. The Kier molecular flexibility index (Phi) is 5.70. The van der Waals surface area contributed by atoms with Crippen LogP contribution in [0.15, 0.2) is 52.9 Å². The molecule has 0 radical (unpaired) electrons. The van der Waals surface area contributed by atoms with Gasteiger partial charge in [-0.1, -0.05) is 35.9 Å². The lowest BCUT2D eigenvalue weighted by atomic mass is 10.1. The summed E-state index contributed by atoms with van der Waals surface area (Å²) in [6, 6.07) is 13.9. The van der Waals surface area contributed by atoms with E-state index in [4.69, 9.17) is 15.2 Å². The van der Waals surface area contributed by atoms with Gasteiger partial charge in [0.1, 0.15) is 12.4 Å². The molecule has 0 atom stereocenters. The number of rotatable bonds is 7. The SMILES string of the molecule is COc1cccc(C=NNc2nc(N)cs2)c1OCc1ccc(C)cc1. The van der Waals surface area contributed by atoms with Crippen molar-refractivity contribution in [1.82, 2.24) is 4.98 Å². The molecule has 2 aromatic carbocycles. The Morgan fingerprint density at radius 3 is 2.73 bits per heavy atom. The lowest BCUT2D eigenvalue weighted by Gasteiger charge is -2.13. The summed E-state index contributed by atoms with van der Waals surface area (Å²) in [6.07, 6.45) is 1.67. The summed E-state index contributed by atoms with van der Waals surface area (Å²) in [5, 5.41) is 6.59. The quantitative estimate of drug-likeness (QED) is 0.485. The molecule has 0 amide bonds. The number of para-hydroxylation sites is 1. The molecule has 0 saturated carbocycles. The normalized spacial score (nSPS) is 10.8. The second-order valence-electron chi connectivity index (χ2n) is 5.60. The number of nitrogen functional groups attached to an aromatic ring is 1. The zero-order valence-corrected chi connectivity index (χ0v) is 15.4. The van der Waals surface area contributed by atoms with Gasteiger partial charge in [-0.15, -0.1) is 11.3 Å². The van der Waals surface area contributed by atoms with Crippen molar-refractivity contribution in [3.8, 4) is 11.5 Å². The number of thiazole rings is 1. The number of aryl methyl sites for hydroxylation is 1. The van der Waals surface area contributed by atoms with Gasteiger partial charge in [0, 0.05) is 10.9 Å². The number of anilines is 2. The maximum Gasteiger partial charge on any atom is 0.205 e. The molecule has 0 aliphatic rings. The molecular formula is C19H20N4O2S. The van der Waals surface area contributed by atoms with Crippen LogP contribution < -0.4 is 20.6 Å². The van der Waals surface area contributed by atoms with Gasteiger partial charge < -0.3 is 15.2 Å². The molecule has 0 spiro atoms. The summed E-state index contributed by atoms with van der Waals surface area (Å²) in [4.78, 5) is 4.10. The molecule has 26 heavy (non-hydrogen) atoms. The number of hydrazone groups is 1. The van der Waals surface area contributed by atoms with Crippen LogP contribution in [-0.2, 0) is 6.61 Å². The molecule has 0 fully saturated rings. The molecule has 0 aliphatic heterocycles. The lowest BCUT2D eigenvalue weighted by molar-refractivity contribution is 0.284. The maximum atomic E-state index is 6.01. The summed E-state index contributed by atoms with van der Waals surface area (Å²) >= 11 is 1.39. The topological polar surface area (TPSA) is 81.8 Å². The number of nitrogens with one attached hydrogen (secondary N) is 1. The molecule has 134 valence electrons. The summed E-state index contributed by atoms with van der Waals surface area (Å²) in [6.45, 7) is 2.50. The molecule has 0 bridgehead atoms. The van der Waals surface area contributed by atoms with Crippen LogP contribution in [-0.4, -0.2) is 18.3 Å². The van der Waals surface area contributed by atoms with E-state index in [9.17, 15) is 0 Å². The van der Waals surface area contributed by atoms with Gasteiger partial charge in [0.2, 0.25) is 5.13 Å². The van der Waals surface area contributed by atoms with Gasteiger partial charge >= 0.3 is 0 Å². The van der Waals surface area contributed by atoms with Crippen LogP contribution in [0.25, 0.3) is 0 Å². The van der Waals surface area contributed by atoms with E-state index in [-0.39, 0.29) is 0 Å². The van der Waals surface area contributed by atoms with E-state index >= 15 is 0 Å². The van der Waals surface area contributed by atoms with Gasteiger partial charge in [-0.05, 0) is 24.6 Å². The van der Waals surface area contributed by atoms with Gasteiger partial charge in [0.25, 0.3) is 0 Å². The number of nitrogens with zero attached hydrogens (tertiary/aromatic N) is 2. The summed E-state index contributed by atoms with van der Waals surface area (Å²) < 4.78 is 11.4. The Labute approximate surface area is 156 Å². The third kappa shape index (κ3) is 4.52. The van der Waals surface area contributed by atoms with Crippen molar-refractivity contribution < 1.29 is 9.47 Å². The molecule has 6 nitrogen and oxygen atoms in total. The van der Waals surface area contributed by atoms with Crippen molar-refractivity contribution in [2.24, 2.45) is 5.10 Å². The van der Waals surface area contributed by atoms with Crippen LogP contribution in [0.3, 0.4) is 0 Å². The first kappa shape index (κ1) is 17.8. The minimum atomic E-state index is 0.442. The maximum absolute atomic E-state index is 6.01. The van der Waals surface area contributed by atoms with Gasteiger partial charge in [-0.2, -0.15) is 5.10 Å². The van der Waals surface area contributed by atoms with Crippen molar-refractivity contribution >= 4 is 28.5 Å². The fourth-order valence-corrected chi connectivity index (χ4v) is 2.83. The van der Waals surface area contributed by atoms with Crippen LogP contribution in [0.4, 0.5) is 10.9 Å². The highest BCUT2D eigenvalue weighted by Crippen LogP contribution is 2.31. The van der Waals surface area contributed by atoms with Crippen molar-refractivity contribution in [1.29, 1.82) is 0 Å². The molecule has 0 unspecified atom stereocenters. The zero-order chi connectivity index (χ0) is 18.4. The standard InChI is InChI=1S/C19H20N4O2S/c1-13-6-8-14(9-7-13)11-25-18-15(4-3-5-16(18)24-2)10-21-23-19-22-17(20)12-26-19/h3-10,12H,11,20H2,1-2H3,(H,22,23). The minimum Gasteiger partial charge on any atom is -0.493 e. The first-order valence-corrected chi connectivity index (χ1v) is 8.89. The van der Waals surface area contributed by atoms with Crippen LogP contribution in [0.1, 0.15) is 16.7 Å². The molecular weight excluding hydrogens is 348 g/mol. The second-order valence-corrected chi connectivity index (χ2v) is 6.46. The van der Waals surface area contributed by atoms with Crippen LogP contribution >= 0.6 is 11.3 Å². The van der Waals surface area contributed by atoms with E-state index in [0.29, 0.717) is 29.1 Å². The van der Waals surface area contributed by atoms with E-state index in [1.807, 2.05) is 30.3 Å². The number of hydrogen-bond acceptors (Lipinski definition) is 7. The van der Waals surface area contributed by atoms with E-state index in [1.165, 1.54) is 16.9 Å². The highest BCUT2D eigenvalue weighted by atomic mass is 32.1.